The minimum absolute atomic E-state index is 0.134. The molecule has 1 N–H and O–H groups in total. The molecule has 3 heterocycles. The number of hydrogen-bond acceptors (Lipinski definition) is 6. The predicted molar refractivity (Wildman–Crippen MR) is 99.0 cm³/mol. The number of rotatable bonds is 4. The van der Waals surface area contributed by atoms with Gasteiger partial charge in [-0.25, -0.2) is 13.2 Å². The van der Waals surface area contributed by atoms with Gasteiger partial charge in [0.15, 0.2) is 0 Å². The van der Waals surface area contributed by atoms with Gasteiger partial charge in [-0.3, -0.25) is 14.5 Å². The third-order valence-corrected chi connectivity index (χ3v) is 8.07. The topological polar surface area (TPSA) is 107 Å². The van der Waals surface area contributed by atoms with E-state index in [0.29, 0.717) is 4.34 Å². The maximum absolute atomic E-state index is 12.6. The first-order chi connectivity index (χ1) is 12.5. The van der Waals surface area contributed by atoms with Gasteiger partial charge in [-0.2, -0.15) is 4.31 Å². The first-order valence-electron chi connectivity index (χ1n) is 8.20. The van der Waals surface area contributed by atoms with E-state index in [4.69, 9.17) is 11.6 Å². The van der Waals surface area contributed by atoms with Crippen LogP contribution >= 0.6 is 22.9 Å². The average Bonchev–Trinajstić information content (AvgIpc) is 3.12. The summed E-state index contributed by atoms with van der Waals surface area (Å²) in [7, 11) is -3.64. The molecule has 2 aliphatic rings. The molecule has 0 bridgehead atoms. The molecule has 0 aromatic carbocycles. The number of urea groups is 1. The van der Waals surface area contributed by atoms with Crippen LogP contribution in [0.1, 0.15) is 13.8 Å². The lowest BCUT2D eigenvalue weighted by atomic mass is 10.1. The summed E-state index contributed by atoms with van der Waals surface area (Å²) >= 11 is 6.80. The lowest BCUT2D eigenvalue weighted by Gasteiger charge is -2.34. The van der Waals surface area contributed by atoms with E-state index in [9.17, 15) is 22.8 Å². The monoisotopic (exact) mass is 434 g/mol. The van der Waals surface area contributed by atoms with Crippen molar-refractivity contribution in [3.63, 3.8) is 0 Å². The molecule has 0 saturated carbocycles. The van der Waals surface area contributed by atoms with Crippen LogP contribution in [0.5, 0.6) is 0 Å². The zero-order valence-corrected chi connectivity index (χ0v) is 17.2. The molecule has 3 rings (SSSR count). The van der Waals surface area contributed by atoms with Crippen molar-refractivity contribution in [3.8, 4) is 0 Å². The van der Waals surface area contributed by atoms with Gasteiger partial charge in [0.05, 0.1) is 4.34 Å². The van der Waals surface area contributed by atoms with Gasteiger partial charge in [0, 0.05) is 26.2 Å². The molecule has 27 heavy (non-hydrogen) atoms. The Bertz CT molecular complexity index is 890. The number of carbonyl (C=O) groups is 3. The second-order valence-electron chi connectivity index (χ2n) is 6.79. The van der Waals surface area contributed by atoms with Crippen LogP contribution in [0.15, 0.2) is 16.3 Å². The minimum Gasteiger partial charge on any atom is -0.338 e. The Labute approximate surface area is 165 Å². The summed E-state index contributed by atoms with van der Waals surface area (Å²) < 4.78 is 27.0. The Hall–Kier alpha value is -1.69. The van der Waals surface area contributed by atoms with Crippen molar-refractivity contribution < 1.29 is 22.8 Å². The maximum Gasteiger partial charge on any atom is 0.325 e. The van der Waals surface area contributed by atoms with E-state index >= 15 is 0 Å². The second kappa shape index (κ2) is 7.04. The van der Waals surface area contributed by atoms with Crippen LogP contribution in [-0.2, 0) is 19.6 Å². The molecule has 12 heteroatoms. The molecule has 2 fully saturated rings. The van der Waals surface area contributed by atoms with Crippen molar-refractivity contribution >= 4 is 50.8 Å². The molecule has 1 aromatic rings. The molecule has 148 valence electrons. The van der Waals surface area contributed by atoms with Crippen molar-refractivity contribution in [3.05, 3.63) is 16.5 Å². The molecular formula is C15H19ClN4O5S2. The van der Waals surface area contributed by atoms with Crippen LogP contribution in [0.3, 0.4) is 0 Å². The number of piperazine rings is 1. The summed E-state index contributed by atoms with van der Waals surface area (Å²) in [5, 5.41) is 2.52. The number of halogens is 1. The van der Waals surface area contributed by atoms with Crippen molar-refractivity contribution in [2.24, 2.45) is 0 Å². The lowest BCUT2D eigenvalue weighted by Crippen LogP contribution is -2.53. The van der Waals surface area contributed by atoms with Gasteiger partial charge in [-0.05, 0) is 26.0 Å². The highest BCUT2D eigenvalue weighted by atomic mass is 35.5. The fraction of sp³-hybridized carbons (Fsp3) is 0.533. The van der Waals surface area contributed by atoms with Crippen LogP contribution in [0.25, 0.3) is 0 Å². The van der Waals surface area contributed by atoms with E-state index in [-0.39, 0.29) is 36.9 Å². The lowest BCUT2D eigenvalue weighted by molar-refractivity contribution is -0.139. The summed E-state index contributed by atoms with van der Waals surface area (Å²) in [5.41, 5.74) is -1.04. The Kier molecular flexibility index (Phi) is 5.23. The zero-order chi connectivity index (χ0) is 20.0. The van der Waals surface area contributed by atoms with Gasteiger partial charge in [0.2, 0.25) is 5.91 Å². The molecule has 0 atom stereocenters. The number of carbonyl (C=O) groups excluding carboxylic acids is 3. The molecular weight excluding hydrogens is 416 g/mol. The minimum atomic E-state index is -3.64. The van der Waals surface area contributed by atoms with Crippen LogP contribution in [0.2, 0.25) is 4.34 Å². The van der Waals surface area contributed by atoms with Crippen LogP contribution in [-0.4, -0.2) is 78.6 Å². The van der Waals surface area contributed by atoms with E-state index in [0.717, 1.165) is 16.2 Å². The van der Waals surface area contributed by atoms with Gasteiger partial charge in [-0.15, -0.1) is 11.3 Å². The number of amides is 4. The smallest absolute Gasteiger partial charge is 0.325 e. The van der Waals surface area contributed by atoms with Crippen molar-refractivity contribution in [1.82, 2.24) is 19.4 Å². The van der Waals surface area contributed by atoms with E-state index in [1.807, 2.05) is 0 Å². The number of nitrogens with zero attached hydrogens (tertiary/aromatic N) is 3. The van der Waals surface area contributed by atoms with Crippen LogP contribution < -0.4 is 5.32 Å². The SMILES string of the molecule is CC1(C)NC(=O)N(CC(=O)N2CCN(S(=O)(=O)c3ccc(Cl)s3)CC2)C1=O. The van der Waals surface area contributed by atoms with E-state index in [2.05, 4.69) is 5.32 Å². The van der Waals surface area contributed by atoms with Gasteiger partial charge in [-0.1, -0.05) is 11.6 Å². The number of sulfonamides is 1. The van der Waals surface area contributed by atoms with Crippen molar-refractivity contribution in [2.45, 2.75) is 23.6 Å². The van der Waals surface area contributed by atoms with E-state index < -0.39 is 33.4 Å². The molecule has 4 amide bonds. The predicted octanol–water partition coefficient (Wildman–Crippen LogP) is 0.565. The van der Waals surface area contributed by atoms with Gasteiger partial charge in [0.1, 0.15) is 16.3 Å². The maximum atomic E-state index is 12.6. The fourth-order valence-corrected chi connectivity index (χ4v) is 6.00. The Morgan fingerprint density at radius 3 is 2.33 bits per heavy atom. The second-order valence-corrected chi connectivity index (χ2v) is 10.7. The molecule has 0 radical (unpaired) electrons. The van der Waals surface area contributed by atoms with Crippen LogP contribution in [0.4, 0.5) is 4.79 Å². The normalized spacial score (nSPS) is 20.9. The first-order valence-corrected chi connectivity index (χ1v) is 10.8. The number of nitrogens with one attached hydrogen (secondary N) is 1. The van der Waals surface area contributed by atoms with E-state index in [1.54, 1.807) is 13.8 Å². The zero-order valence-electron chi connectivity index (χ0n) is 14.8. The Morgan fingerprint density at radius 2 is 1.85 bits per heavy atom. The molecule has 0 unspecified atom stereocenters. The average molecular weight is 435 g/mol. The van der Waals surface area contributed by atoms with Gasteiger partial charge >= 0.3 is 6.03 Å². The van der Waals surface area contributed by atoms with Gasteiger partial charge in [0.25, 0.3) is 15.9 Å². The third-order valence-electron chi connectivity index (χ3n) is 4.47. The number of imide groups is 1. The summed E-state index contributed by atoms with van der Waals surface area (Å²) in [4.78, 5) is 38.9. The number of thiophene rings is 1. The highest BCUT2D eigenvalue weighted by Crippen LogP contribution is 2.28. The van der Waals surface area contributed by atoms with Crippen molar-refractivity contribution in [1.29, 1.82) is 0 Å². The summed E-state index contributed by atoms with van der Waals surface area (Å²) in [5.74, 6) is -0.857. The molecule has 0 spiro atoms. The number of hydrogen-bond donors (Lipinski definition) is 1. The summed E-state index contributed by atoms with van der Waals surface area (Å²) in [6, 6.07) is 2.38. The largest absolute Gasteiger partial charge is 0.338 e. The molecule has 2 saturated heterocycles. The van der Waals surface area contributed by atoms with Crippen molar-refractivity contribution in [2.75, 3.05) is 32.7 Å². The van der Waals surface area contributed by atoms with Crippen LogP contribution in [0, 0.1) is 0 Å². The highest BCUT2D eigenvalue weighted by molar-refractivity contribution is 7.91. The fourth-order valence-electron chi connectivity index (χ4n) is 2.94. The molecule has 1 aromatic heterocycles. The standard InChI is InChI=1S/C15H19ClN4O5S2/c1-15(2)13(22)20(14(23)17-15)9-11(21)18-5-7-19(8-6-18)27(24,25)12-4-3-10(16)26-12/h3-4H,5-9H2,1-2H3,(H,17,23). The highest BCUT2D eigenvalue weighted by Gasteiger charge is 2.45. The Balaban J connectivity index is 1.60. The first kappa shape index (κ1) is 20.1. The quantitative estimate of drug-likeness (QED) is 0.697. The van der Waals surface area contributed by atoms with Gasteiger partial charge < -0.3 is 10.2 Å². The van der Waals surface area contributed by atoms with E-state index in [1.165, 1.54) is 21.3 Å². The molecule has 0 aliphatic carbocycles. The Morgan fingerprint density at radius 1 is 1.22 bits per heavy atom. The molecule has 2 aliphatic heterocycles. The third kappa shape index (κ3) is 3.82. The summed E-state index contributed by atoms with van der Waals surface area (Å²) in [6.07, 6.45) is 0. The molecule has 9 nitrogen and oxygen atoms in total. The summed E-state index contributed by atoms with van der Waals surface area (Å²) in [6.45, 7) is 3.41.